The third-order valence-corrected chi connectivity index (χ3v) is 3.64. The maximum Gasteiger partial charge on any atom is 0.242 e. The van der Waals surface area contributed by atoms with Crippen LogP contribution in [-0.4, -0.2) is 36.5 Å². The lowest BCUT2D eigenvalue weighted by molar-refractivity contribution is -0.135. The van der Waals surface area contributed by atoms with Gasteiger partial charge in [-0.25, -0.2) is 0 Å². The van der Waals surface area contributed by atoms with E-state index in [-0.39, 0.29) is 18.3 Å². The Balaban J connectivity index is 0.00000400. The number of hydrogen-bond donors (Lipinski definition) is 1. The minimum Gasteiger partial charge on any atom is -0.492 e. The van der Waals surface area contributed by atoms with Gasteiger partial charge in [-0.1, -0.05) is 29.3 Å². The first kappa shape index (κ1) is 20.2. The summed E-state index contributed by atoms with van der Waals surface area (Å²) in [5.41, 5.74) is 5.24. The molecular formula is C15H24BrClN2O2. The number of carbonyl (C=O) groups excluding carboxylic acids is 1. The maximum absolute atomic E-state index is 12.2. The number of carbonyl (C=O) groups is 1. The third-order valence-electron chi connectivity index (χ3n) is 3.11. The Morgan fingerprint density at radius 1 is 1.38 bits per heavy atom. The highest BCUT2D eigenvalue weighted by Crippen LogP contribution is 2.16. The van der Waals surface area contributed by atoms with E-state index in [0.29, 0.717) is 19.6 Å². The van der Waals surface area contributed by atoms with E-state index < -0.39 is 5.54 Å². The van der Waals surface area contributed by atoms with Gasteiger partial charge in [-0.15, -0.1) is 12.4 Å². The van der Waals surface area contributed by atoms with Crippen molar-refractivity contribution in [2.75, 3.05) is 20.2 Å². The summed E-state index contributed by atoms with van der Waals surface area (Å²) in [5.74, 6) is 0.747. The van der Waals surface area contributed by atoms with E-state index >= 15 is 0 Å². The smallest absolute Gasteiger partial charge is 0.242 e. The molecule has 0 aromatic heterocycles. The molecule has 1 atom stereocenters. The van der Waals surface area contributed by atoms with Gasteiger partial charge in [-0.3, -0.25) is 4.79 Å². The van der Waals surface area contributed by atoms with Crippen LogP contribution in [0, 0.1) is 0 Å². The topological polar surface area (TPSA) is 55.6 Å². The summed E-state index contributed by atoms with van der Waals surface area (Å²) in [6.07, 6.45) is 1.58. The zero-order chi connectivity index (χ0) is 15.2. The lowest BCUT2D eigenvalue weighted by Crippen LogP contribution is -2.52. The fourth-order valence-electron chi connectivity index (χ4n) is 2.00. The van der Waals surface area contributed by atoms with Crippen LogP contribution in [0.3, 0.4) is 0 Å². The Labute approximate surface area is 141 Å². The molecule has 1 aromatic rings. The molecule has 0 saturated carbocycles. The Morgan fingerprint density at radius 3 is 2.48 bits per heavy atom. The summed E-state index contributed by atoms with van der Waals surface area (Å²) in [6.45, 7) is 4.78. The molecule has 0 aliphatic carbocycles. The molecule has 4 nitrogen and oxygen atoms in total. The van der Waals surface area contributed by atoms with Gasteiger partial charge in [0.15, 0.2) is 0 Å². The number of amides is 1. The van der Waals surface area contributed by atoms with Gasteiger partial charge >= 0.3 is 0 Å². The van der Waals surface area contributed by atoms with Crippen LogP contribution in [0.15, 0.2) is 28.7 Å². The molecule has 1 amide bonds. The molecule has 21 heavy (non-hydrogen) atoms. The predicted molar refractivity (Wildman–Crippen MR) is 92.0 cm³/mol. The lowest BCUT2D eigenvalue weighted by atomic mass is 9.96. The van der Waals surface area contributed by atoms with Gasteiger partial charge in [0.2, 0.25) is 5.91 Å². The zero-order valence-electron chi connectivity index (χ0n) is 12.8. The molecule has 120 valence electrons. The van der Waals surface area contributed by atoms with Gasteiger partial charge in [0.05, 0.1) is 12.1 Å². The summed E-state index contributed by atoms with van der Waals surface area (Å²) >= 11 is 3.37. The second kappa shape index (κ2) is 9.28. The maximum atomic E-state index is 12.2. The Hall–Kier alpha value is -0.780. The standard InChI is InChI=1S/C15H23BrN2O2.ClH/c1-4-9-15(2,17)14(19)18(3)10-11-20-13-7-5-12(16)6-8-13;/h5-8H,4,9-11,17H2,1-3H3;1H. The van der Waals surface area contributed by atoms with E-state index in [1.165, 1.54) is 0 Å². The van der Waals surface area contributed by atoms with Crippen LogP contribution in [0.4, 0.5) is 0 Å². The largest absolute Gasteiger partial charge is 0.492 e. The molecule has 0 aliphatic rings. The average Bonchev–Trinajstić information content (AvgIpc) is 2.40. The SMILES string of the molecule is CCCC(C)(N)C(=O)N(C)CCOc1ccc(Br)cc1.Cl. The van der Waals surface area contributed by atoms with Gasteiger partial charge in [-0.2, -0.15) is 0 Å². The highest BCUT2D eigenvalue weighted by atomic mass is 79.9. The molecule has 1 aromatic carbocycles. The molecule has 6 heteroatoms. The van der Waals surface area contributed by atoms with Crippen LogP contribution in [-0.2, 0) is 4.79 Å². The number of ether oxygens (including phenoxy) is 1. The van der Waals surface area contributed by atoms with E-state index in [0.717, 1.165) is 16.6 Å². The number of likely N-dealkylation sites (N-methyl/N-ethyl adjacent to an activating group) is 1. The predicted octanol–water partition coefficient (Wildman–Crippen LogP) is 3.23. The number of halogens is 2. The third kappa shape index (κ3) is 6.68. The van der Waals surface area contributed by atoms with Crippen molar-refractivity contribution in [3.63, 3.8) is 0 Å². The fraction of sp³-hybridized carbons (Fsp3) is 0.533. The minimum atomic E-state index is -0.791. The second-order valence-corrected chi connectivity index (χ2v) is 6.11. The summed E-state index contributed by atoms with van der Waals surface area (Å²) < 4.78 is 6.61. The van der Waals surface area contributed by atoms with Crippen molar-refractivity contribution in [2.45, 2.75) is 32.2 Å². The molecule has 0 spiro atoms. The molecule has 0 radical (unpaired) electrons. The zero-order valence-corrected chi connectivity index (χ0v) is 15.2. The van der Waals surface area contributed by atoms with E-state index in [2.05, 4.69) is 15.9 Å². The van der Waals surface area contributed by atoms with Crippen LogP contribution < -0.4 is 10.5 Å². The van der Waals surface area contributed by atoms with Crippen LogP contribution in [0.25, 0.3) is 0 Å². The monoisotopic (exact) mass is 378 g/mol. The number of rotatable bonds is 7. The molecule has 0 saturated heterocycles. The molecular weight excluding hydrogens is 356 g/mol. The van der Waals surface area contributed by atoms with Crippen LogP contribution in [0.2, 0.25) is 0 Å². The van der Waals surface area contributed by atoms with Gasteiger partial charge in [0.25, 0.3) is 0 Å². The first-order valence-electron chi connectivity index (χ1n) is 6.79. The second-order valence-electron chi connectivity index (χ2n) is 5.20. The van der Waals surface area contributed by atoms with Crippen molar-refractivity contribution in [1.82, 2.24) is 4.90 Å². The van der Waals surface area contributed by atoms with Crippen molar-refractivity contribution < 1.29 is 9.53 Å². The minimum absolute atomic E-state index is 0. The summed E-state index contributed by atoms with van der Waals surface area (Å²) in [7, 11) is 1.76. The fourth-order valence-corrected chi connectivity index (χ4v) is 2.26. The van der Waals surface area contributed by atoms with Crippen molar-refractivity contribution in [1.29, 1.82) is 0 Å². The van der Waals surface area contributed by atoms with E-state index in [4.69, 9.17) is 10.5 Å². The Kier molecular flexibility index (Phi) is 8.94. The van der Waals surface area contributed by atoms with Gasteiger partial charge in [0.1, 0.15) is 12.4 Å². The van der Waals surface area contributed by atoms with Crippen molar-refractivity contribution in [2.24, 2.45) is 5.73 Å². The summed E-state index contributed by atoms with van der Waals surface area (Å²) in [4.78, 5) is 13.8. The van der Waals surface area contributed by atoms with Crippen molar-refractivity contribution in [3.05, 3.63) is 28.7 Å². The average molecular weight is 380 g/mol. The first-order valence-corrected chi connectivity index (χ1v) is 7.59. The van der Waals surface area contributed by atoms with Crippen LogP contribution >= 0.6 is 28.3 Å². The van der Waals surface area contributed by atoms with Crippen LogP contribution in [0.5, 0.6) is 5.75 Å². The normalized spacial score (nSPS) is 13.0. The Morgan fingerprint density at radius 2 is 1.95 bits per heavy atom. The first-order chi connectivity index (χ1) is 9.36. The molecule has 1 unspecified atom stereocenters. The van der Waals surface area contributed by atoms with E-state index in [1.807, 2.05) is 31.2 Å². The summed E-state index contributed by atoms with van der Waals surface area (Å²) in [6, 6.07) is 7.61. The quantitative estimate of drug-likeness (QED) is 0.791. The van der Waals surface area contributed by atoms with Gasteiger partial charge in [0, 0.05) is 11.5 Å². The van der Waals surface area contributed by atoms with Crippen molar-refractivity contribution >= 4 is 34.2 Å². The van der Waals surface area contributed by atoms with Gasteiger partial charge in [-0.05, 0) is 37.6 Å². The molecule has 0 fully saturated rings. The highest BCUT2D eigenvalue weighted by Gasteiger charge is 2.29. The van der Waals surface area contributed by atoms with Gasteiger partial charge < -0.3 is 15.4 Å². The van der Waals surface area contributed by atoms with E-state index in [9.17, 15) is 4.79 Å². The van der Waals surface area contributed by atoms with Crippen molar-refractivity contribution in [3.8, 4) is 5.75 Å². The number of benzene rings is 1. The number of nitrogens with zero attached hydrogens (tertiary/aromatic N) is 1. The highest BCUT2D eigenvalue weighted by molar-refractivity contribution is 9.10. The van der Waals surface area contributed by atoms with E-state index in [1.54, 1.807) is 18.9 Å². The number of nitrogens with two attached hydrogens (primary N) is 1. The number of hydrogen-bond acceptors (Lipinski definition) is 3. The summed E-state index contributed by atoms with van der Waals surface area (Å²) in [5, 5.41) is 0. The lowest BCUT2D eigenvalue weighted by Gasteiger charge is -2.28. The van der Waals surface area contributed by atoms with Crippen LogP contribution in [0.1, 0.15) is 26.7 Å². The molecule has 1 rings (SSSR count). The molecule has 0 bridgehead atoms. The Bertz CT molecular complexity index is 438. The molecule has 2 N–H and O–H groups in total. The molecule has 0 heterocycles. The molecule has 0 aliphatic heterocycles.